The molecule has 0 saturated heterocycles. The molecule has 0 bridgehead atoms. The summed E-state index contributed by atoms with van der Waals surface area (Å²) in [7, 11) is 6.80. The molecule has 4 nitrogen and oxygen atoms in total. The first kappa shape index (κ1) is 18.4. The lowest BCUT2D eigenvalue weighted by Crippen LogP contribution is -2.21. The summed E-state index contributed by atoms with van der Waals surface area (Å²) < 4.78 is 22.5. The molecule has 5 rings (SSSR count). The molecule has 3 aromatic carbocycles. The highest BCUT2D eigenvalue weighted by Gasteiger charge is 2.34. The van der Waals surface area contributed by atoms with E-state index in [1.54, 1.807) is 28.4 Å². The zero-order valence-corrected chi connectivity index (χ0v) is 17.6. The van der Waals surface area contributed by atoms with E-state index < -0.39 is 0 Å². The second-order valence-corrected chi connectivity index (χ2v) is 8.32. The Morgan fingerprint density at radius 1 is 0.552 bits per heavy atom. The molecule has 152 valence electrons. The second kappa shape index (κ2) is 7.01. The van der Waals surface area contributed by atoms with Gasteiger partial charge in [-0.15, -0.1) is 0 Å². The Labute approximate surface area is 171 Å². The van der Waals surface area contributed by atoms with Crippen molar-refractivity contribution >= 4 is 21.5 Å². The predicted octanol–water partition coefficient (Wildman–Crippen LogP) is 5.54. The largest absolute Gasteiger partial charge is 0.493 e. The Morgan fingerprint density at radius 3 is 1.24 bits per heavy atom. The Bertz CT molecular complexity index is 1010. The van der Waals surface area contributed by atoms with E-state index in [4.69, 9.17) is 18.9 Å². The quantitative estimate of drug-likeness (QED) is 0.546. The summed E-state index contributed by atoms with van der Waals surface area (Å²) in [5, 5.41) is 4.94. The van der Waals surface area contributed by atoms with Crippen LogP contribution >= 0.6 is 0 Å². The van der Waals surface area contributed by atoms with E-state index in [1.807, 2.05) is 0 Å². The van der Waals surface area contributed by atoms with Crippen molar-refractivity contribution in [3.05, 3.63) is 35.4 Å². The first-order valence-electron chi connectivity index (χ1n) is 10.4. The van der Waals surface area contributed by atoms with Crippen LogP contribution in [-0.4, -0.2) is 28.4 Å². The molecule has 29 heavy (non-hydrogen) atoms. The van der Waals surface area contributed by atoms with Crippen LogP contribution in [0.1, 0.15) is 30.4 Å². The highest BCUT2D eigenvalue weighted by molar-refractivity contribution is 6.12. The summed E-state index contributed by atoms with van der Waals surface area (Å²) in [6.07, 6.45) is 6.35. The molecule has 1 fully saturated rings. The van der Waals surface area contributed by atoms with Crippen LogP contribution in [0, 0.1) is 11.8 Å². The summed E-state index contributed by atoms with van der Waals surface area (Å²) in [4.78, 5) is 0. The monoisotopic (exact) mass is 392 g/mol. The fraction of sp³-hybridized carbons (Fsp3) is 0.440. The maximum atomic E-state index is 5.65. The molecule has 0 heterocycles. The van der Waals surface area contributed by atoms with E-state index in [0.29, 0.717) is 0 Å². The lowest BCUT2D eigenvalue weighted by Gasteiger charge is -2.31. The van der Waals surface area contributed by atoms with Crippen LogP contribution in [-0.2, 0) is 12.8 Å². The number of fused-ring (bicyclic) bond motifs is 7. The van der Waals surface area contributed by atoms with Gasteiger partial charge in [0.05, 0.1) is 28.4 Å². The van der Waals surface area contributed by atoms with Crippen LogP contribution in [0.4, 0.5) is 0 Å². The molecule has 0 N–H and O–H groups in total. The topological polar surface area (TPSA) is 36.9 Å². The average molecular weight is 392 g/mol. The minimum absolute atomic E-state index is 0.755. The van der Waals surface area contributed by atoms with Gasteiger partial charge in [-0.05, 0) is 94.5 Å². The van der Waals surface area contributed by atoms with Crippen LogP contribution in [0.2, 0.25) is 0 Å². The fourth-order valence-corrected chi connectivity index (χ4v) is 5.67. The summed E-state index contributed by atoms with van der Waals surface area (Å²) in [5.74, 6) is 4.69. The van der Waals surface area contributed by atoms with Gasteiger partial charge >= 0.3 is 0 Å². The molecule has 0 aliphatic heterocycles. The number of methoxy groups -OCH3 is 4. The van der Waals surface area contributed by atoms with Crippen LogP contribution in [0.5, 0.6) is 23.0 Å². The van der Waals surface area contributed by atoms with Gasteiger partial charge in [-0.3, -0.25) is 0 Å². The molecule has 2 aliphatic carbocycles. The Kier molecular flexibility index (Phi) is 4.45. The third kappa shape index (κ3) is 2.72. The highest BCUT2D eigenvalue weighted by atomic mass is 16.5. The van der Waals surface area contributed by atoms with Crippen LogP contribution in [0.3, 0.4) is 0 Å². The summed E-state index contributed by atoms with van der Waals surface area (Å²) in [6.45, 7) is 0. The first-order valence-corrected chi connectivity index (χ1v) is 10.4. The van der Waals surface area contributed by atoms with Crippen molar-refractivity contribution < 1.29 is 18.9 Å². The van der Waals surface area contributed by atoms with Crippen molar-refractivity contribution in [2.45, 2.75) is 32.1 Å². The maximum absolute atomic E-state index is 5.65. The van der Waals surface area contributed by atoms with Crippen LogP contribution in [0.25, 0.3) is 21.5 Å². The standard InChI is InChI=1S/C25H28O4/c1-26-22-10-18-16-8-14-6-5-7-15(14)9-17(16)19-11-23(27-2)25(29-4)13-21(19)20(18)12-24(22)28-3/h10-15H,5-9H2,1-4H3. The normalized spacial score (nSPS) is 20.4. The predicted molar refractivity (Wildman–Crippen MR) is 116 cm³/mol. The van der Waals surface area contributed by atoms with E-state index in [0.717, 1.165) is 47.7 Å². The van der Waals surface area contributed by atoms with E-state index in [-0.39, 0.29) is 0 Å². The number of ether oxygens (including phenoxy) is 4. The Hall–Kier alpha value is -2.62. The zero-order valence-electron chi connectivity index (χ0n) is 17.6. The number of hydrogen-bond acceptors (Lipinski definition) is 4. The molecule has 0 aromatic heterocycles. The molecule has 3 aromatic rings. The lowest BCUT2D eigenvalue weighted by molar-refractivity contribution is 0.354. The molecule has 2 aliphatic rings. The molecule has 1 saturated carbocycles. The SMILES string of the molecule is COc1cc2c3c(c4cc(OC)c(OC)cc4c2cc1OC)CC1CCCC1C3. The second-order valence-electron chi connectivity index (χ2n) is 8.32. The number of hydrogen-bond donors (Lipinski definition) is 0. The zero-order chi connectivity index (χ0) is 20.1. The summed E-state index contributed by atoms with van der Waals surface area (Å²) in [6, 6.07) is 8.56. The maximum Gasteiger partial charge on any atom is 0.161 e. The van der Waals surface area contributed by atoms with E-state index in [1.165, 1.54) is 51.9 Å². The third-order valence-electron chi connectivity index (χ3n) is 7.10. The molecule has 2 unspecified atom stereocenters. The molecule has 0 radical (unpaired) electrons. The average Bonchev–Trinajstić information content (AvgIpc) is 3.23. The van der Waals surface area contributed by atoms with Gasteiger partial charge < -0.3 is 18.9 Å². The minimum Gasteiger partial charge on any atom is -0.493 e. The van der Waals surface area contributed by atoms with Crippen molar-refractivity contribution in [1.29, 1.82) is 0 Å². The molecule has 2 atom stereocenters. The van der Waals surface area contributed by atoms with Crippen molar-refractivity contribution in [3.63, 3.8) is 0 Å². The van der Waals surface area contributed by atoms with Crippen molar-refractivity contribution in [2.75, 3.05) is 28.4 Å². The van der Waals surface area contributed by atoms with Gasteiger partial charge in [-0.2, -0.15) is 0 Å². The fourth-order valence-electron chi connectivity index (χ4n) is 5.67. The smallest absolute Gasteiger partial charge is 0.161 e. The van der Waals surface area contributed by atoms with Gasteiger partial charge in [0.25, 0.3) is 0 Å². The molecular weight excluding hydrogens is 364 g/mol. The van der Waals surface area contributed by atoms with Gasteiger partial charge in [0.15, 0.2) is 23.0 Å². The minimum atomic E-state index is 0.755. The van der Waals surface area contributed by atoms with Gasteiger partial charge in [0, 0.05) is 0 Å². The highest BCUT2D eigenvalue weighted by Crippen LogP contribution is 2.49. The Balaban J connectivity index is 1.90. The van der Waals surface area contributed by atoms with E-state index in [9.17, 15) is 0 Å². The van der Waals surface area contributed by atoms with Crippen molar-refractivity contribution in [1.82, 2.24) is 0 Å². The summed E-state index contributed by atoms with van der Waals surface area (Å²) in [5.41, 5.74) is 2.95. The van der Waals surface area contributed by atoms with Crippen molar-refractivity contribution in [2.24, 2.45) is 11.8 Å². The van der Waals surface area contributed by atoms with Crippen molar-refractivity contribution in [3.8, 4) is 23.0 Å². The van der Waals surface area contributed by atoms with E-state index >= 15 is 0 Å². The van der Waals surface area contributed by atoms with E-state index in [2.05, 4.69) is 24.3 Å². The first-order chi connectivity index (χ1) is 14.2. The molecular formula is C25H28O4. The van der Waals surface area contributed by atoms with Crippen LogP contribution < -0.4 is 18.9 Å². The van der Waals surface area contributed by atoms with Gasteiger partial charge in [-0.25, -0.2) is 0 Å². The number of benzene rings is 3. The van der Waals surface area contributed by atoms with Gasteiger partial charge in [-0.1, -0.05) is 6.42 Å². The third-order valence-corrected chi connectivity index (χ3v) is 7.10. The summed E-state index contributed by atoms with van der Waals surface area (Å²) >= 11 is 0. The molecule has 0 spiro atoms. The Morgan fingerprint density at radius 2 is 0.897 bits per heavy atom. The lowest BCUT2D eigenvalue weighted by atomic mass is 9.74. The van der Waals surface area contributed by atoms with Gasteiger partial charge in [0.2, 0.25) is 0 Å². The number of rotatable bonds is 4. The molecule has 4 heteroatoms. The molecule has 0 amide bonds. The van der Waals surface area contributed by atoms with Gasteiger partial charge in [0.1, 0.15) is 0 Å². The van der Waals surface area contributed by atoms with Crippen LogP contribution in [0.15, 0.2) is 24.3 Å².